The van der Waals surface area contributed by atoms with Gasteiger partial charge in [0.2, 0.25) is 0 Å². The van der Waals surface area contributed by atoms with Gasteiger partial charge in [0, 0.05) is 43.8 Å². The van der Waals surface area contributed by atoms with Gasteiger partial charge in [0.25, 0.3) is 5.91 Å². The van der Waals surface area contributed by atoms with Crippen molar-refractivity contribution in [2.45, 2.75) is 6.42 Å². The number of amides is 1. The summed E-state index contributed by atoms with van der Waals surface area (Å²) in [5.74, 6) is 0.753. The molecule has 2 aromatic carbocycles. The molecule has 8 heteroatoms. The van der Waals surface area contributed by atoms with E-state index >= 15 is 0 Å². The van der Waals surface area contributed by atoms with Crippen LogP contribution in [-0.4, -0.2) is 52.1 Å². The van der Waals surface area contributed by atoms with Crippen LogP contribution in [0.15, 0.2) is 71.4 Å². The monoisotopic (exact) mass is 442 g/mol. The number of aromatic nitrogens is 3. The van der Waals surface area contributed by atoms with Crippen LogP contribution in [0.3, 0.4) is 0 Å². The Morgan fingerprint density at radius 1 is 1.00 bits per heavy atom. The number of rotatable bonds is 4. The molecule has 8 nitrogen and oxygen atoms in total. The SMILES string of the molecule is Nc1ncc(-c2ccc(C(=O)N3CCCNCC3)cc2)nc1-c1cc(-c2ccccc2)no1.[HH]. The molecule has 0 unspecified atom stereocenters. The van der Waals surface area contributed by atoms with Crippen molar-refractivity contribution in [1.82, 2.24) is 25.3 Å². The topological polar surface area (TPSA) is 110 Å². The van der Waals surface area contributed by atoms with Crippen molar-refractivity contribution in [2.75, 3.05) is 31.9 Å². The molecule has 3 N–H and O–H groups in total. The lowest BCUT2D eigenvalue weighted by Gasteiger charge is -2.20. The quantitative estimate of drug-likeness (QED) is 0.495. The summed E-state index contributed by atoms with van der Waals surface area (Å²) in [4.78, 5) is 23.7. The third kappa shape index (κ3) is 4.47. The van der Waals surface area contributed by atoms with E-state index in [0.29, 0.717) is 28.4 Å². The molecular weight excluding hydrogens is 416 g/mol. The molecule has 33 heavy (non-hydrogen) atoms. The van der Waals surface area contributed by atoms with Crippen LogP contribution in [0.5, 0.6) is 0 Å². The zero-order valence-electron chi connectivity index (χ0n) is 18.1. The van der Waals surface area contributed by atoms with Crippen LogP contribution in [0, 0.1) is 0 Å². The van der Waals surface area contributed by atoms with Crippen molar-refractivity contribution in [1.29, 1.82) is 0 Å². The van der Waals surface area contributed by atoms with Crippen LogP contribution in [0.4, 0.5) is 5.82 Å². The van der Waals surface area contributed by atoms with Crippen molar-refractivity contribution >= 4 is 11.7 Å². The average Bonchev–Trinajstić information content (AvgIpc) is 3.19. The van der Waals surface area contributed by atoms with Crippen molar-refractivity contribution in [2.24, 2.45) is 0 Å². The Balaban J connectivity index is 0.00000274. The van der Waals surface area contributed by atoms with E-state index in [4.69, 9.17) is 10.3 Å². The number of benzene rings is 2. The number of carbonyl (C=O) groups excluding carboxylic acids is 1. The van der Waals surface area contributed by atoms with E-state index < -0.39 is 0 Å². The molecule has 1 fully saturated rings. The number of nitrogen functional groups attached to an aromatic ring is 1. The Bertz CT molecular complexity index is 1250. The fourth-order valence-corrected chi connectivity index (χ4v) is 3.87. The Morgan fingerprint density at radius 2 is 1.79 bits per heavy atom. The summed E-state index contributed by atoms with van der Waals surface area (Å²) in [6, 6.07) is 19.0. The lowest BCUT2D eigenvalue weighted by Crippen LogP contribution is -2.34. The first kappa shape index (κ1) is 20.8. The molecule has 1 aliphatic heterocycles. The second kappa shape index (κ2) is 9.22. The molecule has 0 radical (unpaired) electrons. The number of nitrogens with one attached hydrogen (secondary N) is 1. The molecular formula is C25H26N6O2. The van der Waals surface area contributed by atoms with E-state index in [0.717, 1.165) is 43.7 Å². The maximum absolute atomic E-state index is 12.8. The number of nitrogens with two attached hydrogens (primary N) is 1. The van der Waals surface area contributed by atoms with Gasteiger partial charge in [0.05, 0.1) is 11.9 Å². The van der Waals surface area contributed by atoms with Crippen molar-refractivity contribution in [3.8, 4) is 34.0 Å². The Kier molecular flexibility index (Phi) is 5.82. The molecule has 1 aliphatic rings. The summed E-state index contributed by atoms with van der Waals surface area (Å²) in [6.45, 7) is 3.25. The number of hydrogen-bond donors (Lipinski definition) is 2. The fraction of sp³-hybridized carbons (Fsp3) is 0.200. The third-order valence-electron chi connectivity index (χ3n) is 5.67. The minimum Gasteiger partial charge on any atom is -0.382 e. The predicted octanol–water partition coefficient (Wildman–Crippen LogP) is 3.73. The van der Waals surface area contributed by atoms with Gasteiger partial charge in [-0.25, -0.2) is 9.97 Å². The lowest BCUT2D eigenvalue weighted by molar-refractivity contribution is 0.0766. The minimum absolute atomic E-state index is 0. The lowest BCUT2D eigenvalue weighted by atomic mass is 10.1. The van der Waals surface area contributed by atoms with Crippen molar-refractivity contribution in [3.63, 3.8) is 0 Å². The summed E-state index contributed by atoms with van der Waals surface area (Å²) in [7, 11) is 0. The highest BCUT2D eigenvalue weighted by Gasteiger charge is 2.18. The molecule has 3 heterocycles. The largest absolute Gasteiger partial charge is 0.382 e. The van der Waals surface area contributed by atoms with Crippen LogP contribution < -0.4 is 11.1 Å². The highest BCUT2D eigenvalue weighted by atomic mass is 16.5. The summed E-state index contributed by atoms with van der Waals surface area (Å²) in [5, 5.41) is 7.46. The Morgan fingerprint density at radius 3 is 2.61 bits per heavy atom. The normalized spacial score (nSPS) is 14.1. The maximum Gasteiger partial charge on any atom is 0.253 e. The smallest absolute Gasteiger partial charge is 0.253 e. The van der Waals surface area contributed by atoms with Gasteiger partial charge in [-0.05, 0) is 25.1 Å². The second-order valence-electron chi connectivity index (χ2n) is 7.90. The maximum atomic E-state index is 12.8. The van der Waals surface area contributed by atoms with Gasteiger partial charge in [0.1, 0.15) is 5.69 Å². The Labute approximate surface area is 192 Å². The molecule has 2 aromatic heterocycles. The highest BCUT2D eigenvalue weighted by molar-refractivity contribution is 5.94. The highest BCUT2D eigenvalue weighted by Crippen LogP contribution is 2.29. The van der Waals surface area contributed by atoms with Crippen LogP contribution in [0.2, 0.25) is 0 Å². The van der Waals surface area contributed by atoms with Crippen LogP contribution >= 0.6 is 0 Å². The van der Waals surface area contributed by atoms with E-state index in [1.165, 1.54) is 0 Å². The third-order valence-corrected chi connectivity index (χ3v) is 5.67. The molecule has 0 atom stereocenters. The van der Waals surface area contributed by atoms with E-state index in [1.54, 1.807) is 12.3 Å². The van der Waals surface area contributed by atoms with E-state index in [-0.39, 0.29) is 13.2 Å². The van der Waals surface area contributed by atoms with Crippen molar-refractivity contribution < 1.29 is 10.7 Å². The summed E-state index contributed by atoms with van der Waals surface area (Å²) in [5.41, 5.74) is 10.3. The van der Waals surface area contributed by atoms with Crippen LogP contribution in [-0.2, 0) is 0 Å². The van der Waals surface area contributed by atoms with Gasteiger partial charge < -0.3 is 20.5 Å². The van der Waals surface area contributed by atoms with Gasteiger partial charge in [-0.1, -0.05) is 47.6 Å². The van der Waals surface area contributed by atoms with E-state index in [1.807, 2.05) is 59.5 Å². The average molecular weight is 443 g/mol. The summed E-state index contributed by atoms with van der Waals surface area (Å²) < 4.78 is 5.52. The first-order valence-corrected chi connectivity index (χ1v) is 10.9. The molecule has 5 rings (SSSR count). The number of carbonyl (C=O) groups is 1. The summed E-state index contributed by atoms with van der Waals surface area (Å²) >= 11 is 0. The molecule has 0 saturated carbocycles. The molecule has 4 aromatic rings. The van der Waals surface area contributed by atoms with Gasteiger partial charge >= 0.3 is 0 Å². The fourth-order valence-electron chi connectivity index (χ4n) is 3.87. The summed E-state index contributed by atoms with van der Waals surface area (Å²) in [6.07, 6.45) is 2.58. The van der Waals surface area contributed by atoms with Crippen LogP contribution in [0.1, 0.15) is 18.2 Å². The zero-order chi connectivity index (χ0) is 22.6. The van der Waals surface area contributed by atoms with E-state index in [2.05, 4.69) is 20.4 Å². The first-order valence-electron chi connectivity index (χ1n) is 10.9. The predicted molar refractivity (Wildman–Crippen MR) is 128 cm³/mol. The van der Waals surface area contributed by atoms with Gasteiger partial charge in [0.15, 0.2) is 17.3 Å². The Hall–Kier alpha value is -4.04. The first-order chi connectivity index (χ1) is 16.2. The van der Waals surface area contributed by atoms with Gasteiger partial charge in [-0.15, -0.1) is 0 Å². The standard InChI is InChI=1S/C25H24N6O2.H2/c26-24-23(22-15-20(30-33-22)17-5-2-1-3-6-17)29-21(16-28-24)18-7-9-19(10-8-18)25(32)31-13-4-11-27-12-14-31;/h1-3,5-10,15-16,27H,4,11-14H2,(H2,26,28);1H. The van der Waals surface area contributed by atoms with Gasteiger partial charge in [-0.2, -0.15) is 0 Å². The molecule has 0 aliphatic carbocycles. The molecule has 0 spiro atoms. The number of nitrogens with zero attached hydrogens (tertiary/aromatic N) is 4. The molecule has 1 saturated heterocycles. The number of hydrogen-bond acceptors (Lipinski definition) is 7. The molecule has 168 valence electrons. The van der Waals surface area contributed by atoms with Crippen LogP contribution in [0.25, 0.3) is 34.0 Å². The van der Waals surface area contributed by atoms with E-state index in [9.17, 15) is 4.79 Å². The number of anilines is 1. The second-order valence-corrected chi connectivity index (χ2v) is 7.90. The van der Waals surface area contributed by atoms with Gasteiger partial charge in [-0.3, -0.25) is 4.79 Å². The molecule has 1 amide bonds. The van der Waals surface area contributed by atoms with Crippen molar-refractivity contribution in [3.05, 3.63) is 72.4 Å². The zero-order valence-corrected chi connectivity index (χ0v) is 18.1. The molecule has 0 bridgehead atoms. The minimum atomic E-state index is 0.